The van der Waals surface area contributed by atoms with Crippen LogP contribution >= 0.6 is 19.4 Å². The van der Waals surface area contributed by atoms with Crippen LogP contribution in [0.5, 0.6) is 0 Å². The van der Waals surface area contributed by atoms with Crippen LogP contribution in [0, 0.1) is 0 Å². The molecule has 0 radical (unpaired) electrons. The monoisotopic (exact) mass is 485 g/mol. The second-order valence-electron chi connectivity index (χ2n) is 7.65. The van der Waals surface area contributed by atoms with Gasteiger partial charge in [0.2, 0.25) is 0 Å². The summed E-state index contributed by atoms with van der Waals surface area (Å²) in [6, 6.07) is 10.0. The molecule has 1 amide bonds. The van der Waals surface area contributed by atoms with E-state index in [4.69, 9.17) is 35.6 Å². The Morgan fingerprint density at radius 1 is 1.38 bits per heavy atom. The molecule has 2 aliphatic heterocycles. The summed E-state index contributed by atoms with van der Waals surface area (Å²) < 4.78 is 36.1. The number of aliphatic hydroxyl groups is 2. The van der Waals surface area contributed by atoms with Crippen LogP contribution < -0.4 is 10.3 Å². The van der Waals surface area contributed by atoms with E-state index in [1.807, 2.05) is 0 Å². The summed E-state index contributed by atoms with van der Waals surface area (Å²) in [4.78, 5) is 11.4. The van der Waals surface area contributed by atoms with Crippen molar-refractivity contribution in [1.29, 1.82) is 0 Å². The Hall–Kier alpha value is -1.88. The van der Waals surface area contributed by atoms with Crippen LogP contribution in [-0.2, 0) is 22.9 Å². The van der Waals surface area contributed by atoms with E-state index < -0.39 is 44.4 Å². The van der Waals surface area contributed by atoms with Gasteiger partial charge in [0, 0.05) is 17.5 Å². The number of halogens is 1. The first-order chi connectivity index (χ1) is 15.2. The SMILES string of the molecule is NC(=O)c1ccc[n+]([C@@H]2OC[C@](O)(COP3(=O)OCCC(c4cccc(Cl)c4)O3)C2O)c1. The molecule has 2 aliphatic rings. The maximum absolute atomic E-state index is 13.0. The van der Waals surface area contributed by atoms with Gasteiger partial charge in [0.1, 0.15) is 11.2 Å². The minimum Gasteiger partial charge on any atom is -0.382 e. The van der Waals surface area contributed by atoms with Gasteiger partial charge in [-0.2, -0.15) is 4.57 Å². The van der Waals surface area contributed by atoms with Gasteiger partial charge < -0.3 is 20.7 Å². The number of phosphoric ester groups is 1. The summed E-state index contributed by atoms with van der Waals surface area (Å²) in [6.45, 7) is -0.769. The average Bonchev–Trinajstić information content (AvgIpc) is 3.07. The van der Waals surface area contributed by atoms with E-state index in [1.54, 1.807) is 36.5 Å². The van der Waals surface area contributed by atoms with Crippen molar-refractivity contribution in [2.45, 2.75) is 30.5 Å². The summed E-state index contributed by atoms with van der Waals surface area (Å²) in [5.74, 6) is -0.649. The van der Waals surface area contributed by atoms with Crippen LogP contribution in [-0.4, -0.2) is 47.6 Å². The van der Waals surface area contributed by atoms with Gasteiger partial charge in [-0.3, -0.25) is 18.4 Å². The second-order valence-corrected chi connectivity index (χ2v) is 9.70. The molecule has 3 heterocycles. The van der Waals surface area contributed by atoms with E-state index in [-0.39, 0.29) is 18.8 Å². The van der Waals surface area contributed by atoms with Crippen molar-refractivity contribution in [3.63, 3.8) is 0 Å². The van der Waals surface area contributed by atoms with Crippen molar-refractivity contribution in [3.05, 3.63) is 64.9 Å². The number of pyridine rings is 1. The maximum atomic E-state index is 13.0. The van der Waals surface area contributed by atoms with Crippen molar-refractivity contribution in [3.8, 4) is 0 Å². The van der Waals surface area contributed by atoms with Crippen molar-refractivity contribution in [1.82, 2.24) is 0 Å². The zero-order valence-corrected chi connectivity index (χ0v) is 18.5. The van der Waals surface area contributed by atoms with Gasteiger partial charge in [0.05, 0.1) is 25.9 Å². The van der Waals surface area contributed by atoms with Crippen molar-refractivity contribution in [2.24, 2.45) is 5.73 Å². The third kappa shape index (κ3) is 4.88. The van der Waals surface area contributed by atoms with E-state index in [0.29, 0.717) is 11.4 Å². The Bertz CT molecular complexity index is 1060. The number of nitrogens with two attached hydrogens (primary N) is 1. The Morgan fingerprint density at radius 3 is 2.94 bits per heavy atom. The molecule has 4 rings (SSSR count). The number of amides is 1. The second kappa shape index (κ2) is 9.17. The van der Waals surface area contributed by atoms with Crippen LogP contribution in [0.1, 0.15) is 34.7 Å². The lowest BCUT2D eigenvalue weighted by atomic mass is 10.0. The number of carbonyl (C=O) groups excluding carboxylic acids is 1. The summed E-state index contributed by atoms with van der Waals surface area (Å²) in [6.07, 6.45) is 0.351. The van der Waals surface area contributed by atoms with Gasteiger partial charge >= 0.3 is 7.82 Å². The third-order valence-corrected chi connectivity index (χ3v) is 7.00. The Morgan fingerprint density at radius 2 is 2.19 bits per heavy atom. The zero-order valence-electron chi connectivity index (χ0n) is 16.9. The summed E-state index contributed by atoms with van der Waals surface area (Å²) in [7, 11) is -4.02. The molecule has 0 aliphatic carbocycles. The number of nitrogens with zero attached hydrogens (tertiary/aromatic N) is 1. The Labute approximate surface area is 189 Å². The van der Waals surface area contributed by atoms with Crippen molar-refractivity contribution < 1.29 is 42.4 Å². The fraction of sp³-hybridized carbons (Fsp3) is 0.400. The Balaban J connectivity index is 1.43. The number of rotatable bonds is 6. The molecule has 2 aromatic rings. The summed E-state index contributed by atoms with van der Waals surface area (Å²) in [5, 5.41) is 22.1. The standard InChI is InChI=1S/C20H22ClN2O8P/c21-15-5-1-3-13(9-15)16-6-8-29-32(27,31-16)30-12-20(26)11-28-19(17(20)24)23-7-2-4-14(10-23)18(22)25/h1-5,7,9-10,16-17,19,24,26H,6,8,11-12H2,(H-,22,25)/p+1/t16?,17?,19-,20+,32?/m1/s1. The number of hydrogen-bond acceptors (Lipinski definition) is 8. The highest BCUT2D eigenvalue weighted by Gasteiger charge is 2.54. The lowest BCUT2D eigenvalue weighted by molar-refractivity contribution is -0.764. The van der Waals surface area contributed by atoms with Crippen molar-refractivity contribution in [2.75, 3.05) is 19.8 Å². The highest BCUT2D eigenvalue weighted by atomic mass is 35.5. The molecule has 5 atom stereocenters. The van der Waals surface area contributed by atoms with Crippen LogP contribution in [0.25, 0.3) is 0 Å². The summed E-state index contributed by atoms with van der Waals surface area (Å²) in [5.41, 5.74) is 4.31. The number of carbonyl (C=O) groups is 1. The fourth-order valence-electron chi connectivity index (χ4n) is 3.55. The molecule has 0 saturated carbocycles. The molecule has 172 valence electrons. The lowest BCUT2D eigenvalue weighted by Crippen LogP contribution is -2.52. The molecule has 0 spiro atoms. The minimum atomic E-state index is -4.02. The molecule has 1 aromatic heterocycles. The molecule has 0 bridgehead atoms. The first kappa shape index (κ1) is 23.3. The predicted molar refractivity (Wildman–Crippen MR) is 111 cm³/mol. The van der Waals surface area contributed by atoms with Gasteiger partial charge in [0.15, 0.2) is 18.5 Å². The van der Waals surface area contributed by atoms with Gasteiger partial charge in [-0.25, -0.2) is 4.57 Å². The molecular weight excluding hydrogens is 463 g/mol. The highest BCUT2D eigenvalue weighted by molar-refractivity contribution is 7.48. The zero-order chi connectivity index (χ0) is 22.9. The number of phosphoric acid groups is 1. The molecule has 32 heavy (non-hydrogen) atoms. The van der Waals surface area contributed by atoms with E-state index in [0.717, 1.165) is 5.56 Å². The maximum Gasteiger partial charge on any atom is 0.475 e. The van der Waals surface area contributed by atoms with Gasteiger partial charge in [-0.05, 0) is 23.8 Å². The normalized spacial score (nSPS) is 32.7. The van der Waals surface area contributed by atoms with E-state index in [9.17, 15) is 19.6 Å². The number of primary amides is 1. The smallest absolute Gasteiger partial charge is 0.382 e. The van der Waals surface area contributed by atoms with Crippen LogP contribution in [0.15, 0.2) is 48.8 Å². The molecule has 1 aromatic carbocycles. The molecule has 4 N–H and O–H groups in total. The predicted octanol–water partition coefficient (Wildman–Crippen LogP) is 1.65. The van der Waals surface area contributed by atoms with Gasteiger partial charge in [-0.1, -0.05) is 23.7 Å². The molecule has 2 saturated heterocycles. The number of benzene rings is 1. The molecule has 2 fully saturated rings. The van der Waals surface area contributed by atoms with Gasteiger partial charge in [0.25, 0.3) is 12.1 Å². The van der Waals surface area contributed by atoms with E-state index >= 15 is 0 Å². The first-order valence-electron chi connectivity index (χ1n) is 9.85. The largest absolute Gasteiger partial charge is 0.475 e. The molecule has 3 unspecified atom stereocenters. The van der Waals surface area contributed by atoms with Crippen molar-refractivity contribution >= 4 is 25.3 Å². The van der Waals surface area contributed by atoms with Gasteiger partial charge in [-0.15, -0.1) is 0 Å². The first-order valence-corrected chi connectivity index (χ1v) is 11.7. The molecule has 10 nitrogen and oxygen atoms in total. The number of aliphatic hydroxyl groups excluding tert-OH is 1. The topological polar surface area (TPSA) is 141 Å². The number of aromatic nitrogens is 1. The third-order valence-electron chi connectivity index (χ3n) is 5.30. The van der Waals surface area contributed by atoms with E-state index in [1.165, 1.54) is 16.8 Å². The lowest BCUT2D eigenvalue weighted by Gasteiger charge is -2.31. The van der Waals surface area contributed by atoms with Crippen LogP contribution in [0.2, 0.25) is 5.02 Å². The van der Waals surface area contributed by atoms with Crippen LogP contribution in [0.3, 0.4) is 0 Å². The fourth-order valence-corrected chi connectivity index (χ4v) is 5.19. The Kier molecular flexibility index (Phi) is 6.67. The molecular formula is C20H23ClN2O8P+. The number of hydrogen-bond donors (Lipinski definition) is 3. The summed E-state index contributed by atoms with van der Waals surface area (Å²) >= 11 is 6.02. The average molecular weight is 486 g/mol. The van der Waals surface area contributed by atoms with Crippen LogP contribution in [0.4, 0.5) is 0 Å². The highest BCUT2D eigenvalue weighted by Crippen LogP contribution is 2.57. The molecule has 12 heteroatoms. The minimum absolute atomic E-state index is 0.115. The quantitative estimate of drug-likeness (QED) is 0.414. The van der Waals surface area contributed by atoms with E-state index in [2.05, 4.69) is 0 Å². The number of ether oxygens (including phenoxy) is 1.